The van der Waals surface area contributed by atoms with E-state index >= 15 is 0 Å². The van der Waals surface area contributed by atoms with Crippen LogP contribution in [-0.2, 0) is 9.59 Å². The van der Waals surface area contributed by atoms with Crippen LogP contribution in [0.5, 0.6) is 0 Å². The largest absolute Gasteiger partial charge is 0.350 e. The van der Waals surface area contributed by atoms with Crippen molar-refractivity contribution in [2.45, 2.75) is 71.9 Å². The van der Waals surface area contributed by atoms with E-state index in [0.717, 1.165) is 32.1 Å². The number of hydrogen-bond donors (Lipinski definition) is 1. The van der Waals surface area contributed by atoms with E-state index in [1.165, 1.54) is 4.90 Å². The van der Waals surface area contributed by atoms with E-state index in [9.17, 15) is 9.59 Å². The van der Waals surface area contributed by atoms with Gasteiger partial charge in [-0.2, -0.15) is 0 Å². The Morgan fingerprint density at radius 2 is 1.80 bits per heavy atom. The average Bonchev–Trinajstić information content (AvgIpc) is 2.29. The Kier molecular flexibility index (Phi) is 5.22. The Morgan fingerprint density at radius 1 is 1.30 bits per heavy atom. The van der Waals surface area contributed by atoms with Gasteiger partial charge in [-0.3, -0.25) is 9.59 Å². The molecule has 0 bridgehead atoms. The highest BCUT2D eigenvalue weighted by Crippen LogP contribution is 2.40. The summed E-state index contributed by atoms with van der Waals surface area (Å²) in [7, 11) is 1.71. The van der Waals surface area contributed by atoms with Crippen LogP contribution in [0.25, 0.3) is 0 Å². The number of amides is 2. The molecule has 0 aromatic heterocycles. The number of rotatable bonds is 4. The predicted molar refractivity (Wildman–Crippen MR) is 81.2 cm³/mol. The van der Waals surface area contributed by atoms with Gasteiger partial charge in [-0.1, -0.05) is 13.8 Å². The molecule has 1 N–H and O–H groups in total. The summed E-state index contributed by atoms with van der Waals surface area (Å²) >= 11 is 0. The molecule has 20 heavy (non-hydrogen) atoms. The van der Waals surface area contributed by atoms with Crippen molar-refractivity contribution in [1.82, 2.24) is 10.2 Å². The topological polar surface area (TPSA) is 49.4 Å². The second kappa shape index (κ2) is 6.15. The minimum Gasteiger partial charge on any atom is -0.350 e. The first-order valence-electron chi connectivity index (χ1n) is 7.55. The monoisotopic (exact) mass is 282 g/mol. The van der Waals surface area contributed by atoms with Crippen molar-refractivity contribution in [2.24, 2.45) is 11.3 Å². The minimum absolute atomic E-state index is 0.0307. The lowest BCUT2D eigenvalue weighted by Gasteiger charge is -2.40. The third-order valence-corrected chi connectivity index (χ3v) is 4.20. The molecule has 0 unspecified atom stereocenters. The van der Waals surface area contributed by atoms with E-state index in [0.29, 0.717) is 5.41 Å². The quantitative estimate of drug-likeness (QED) is 0.806. The molecule has 116 valence electrons. The van der Waals surface area contributed by atoms with Gasteiger partial charge in [0.2, 0.25) is 12.3 Å². The zero-order valence-electron chi connectivity index (χ0n) is 13.8. The van der Waals surface area contributed by atoms with Crippen LogP contribution in [0.1, 0.15) is 60.3 Å². The smallest absolute Gasteiger partial charge is 0.243 e. The van der Waals surface area contributed by atoms with Gasteiger partial charge in [0.25, 0.3) is 0 Å². The van der Waals surface area contributed by atoms with Crippen molar-refractivity contribution in [3.63, 3.8) is 0 Å². The lowest BCUT2D eigenvalue weighted by molar-refractivity contribution is -0.136. The SMILES string of the molecule is CN(C=O)[C@H](C(=O)NC(C)(C)C)C1CCC(C)(C)CC1. The molecule has 1 rings (SSSR count). The molecule has 0 saturated heterocycles. The molecule has 0 aromatic carbocycles. The highest BCUT2D eigenvalue weighted by atomic mass is 16.2. The van der Waals surface area contributed by atoms with Crippen LogP contribution < -0.4 is 5.32 Å². The van der Waals surface area contributed by atoms with E-state index in [1.807, 2.05) is 20.8 Å². The van der Waals surface area contributed by atoms with Gasteiger partial charge in [-0.15, -0.1) is 0 Å². The summed E-state index contributed by atoms with van der Waals surface area (Å²) in [6, 6.07) is -0.345. The third-order valence-electron chi connectivity index (χ3n) is 4.20. The van der Waals surface area contributed by atoms with Crippen molar-refractivity contribution >= 4 is 12.3 Å². The van der Waals surface area contributed by atoms with Crippen molar-refractivity contribution in [2.75, 3.05) is 7.05 Å². The molecule has 4 nitrogen and oxygen atoms in total. The first-order valence-corrected chi connectivity index (χ1v) is 7.55. The molecule has 2 amide bonds. The maximum absolute atomic E-state index is 12.5. The normalized spacial score (nSPS) is 21.1. The van der Waals surface area contributed by atoms with Crippen LogP contribution in [-0.4, -0.2) is 35.8 Å². The van der Waals surface area contributed by atoms with Gasteiger partial charge in [0.1, 0.15) is 6.04 Å². The lowest BCUT2D eigenvalue weighted by atomic mass is 9.70. The van der Waals surface area contributed by atoms with Gasteiger partial charge in [0, 0.05) is 12.6 Å². The first-order chi connectivity index (χ1) is 9.06. The number of likely N-dealkylation sites (N-methyl/N-ethyl adjacent to an activating group) is 1. The highest BCUT2D eigenvalue weighted by Gasteiger charge is 2.37. The highest BCUT2D eigenvalue weighted by molar-refractivity contribution is 5.84. The standard InChI is InChI=1S/C16H30N2O2/c1-15(2,3)17-14(20)13(18(6)11-19)12-7-9-16(4,5)10-8-12/h11-13H,7-10H2,1-6H3,(H,17,20)/t13-/m0/s1. The second-order valence-corrected chi connectivity index (χ2v) is 7.96. The fraction of sp³-hybridized carbons (Fsp3) is 0.875. The summed E-state index contributed by atoms with van der Waals surface area (Å²) < 4.78 is 0. The maximum atomic E-state index is 12.5. The molecule has 0 aliphatic heterocycles. The molecule has 1 aliphatic rings. The molecule has 0 heterocycles. The zero-order valence-corrected chi connectivity index (χ0v) is 13.8. The second-order valence-electron chi connectivity index (χ2n) is 7.96. The van der Waals surface area contributed by atoms with E-state index < -0.39 is 0 Å². The fourth-order valence-electron chi connectivity index (χ4n) is 2.98. The van der Waals surface area contributed by atoms with E-state index in [4.69, 9.17) is 0 Å². The molecule has 0 radical (unpaired) electrons. The molecule has 1 fully saturated rings. The van der Waals surface area contributed by atoms with Crippen molar-refractivity contribution in [1.29, 1.82) is 0 Å². The Bertz CT molecular complexity index is 348. The van der Waals surface area contributed by atoms with Crippen molar-refractivity contribution < 1.29 is 9.59 Å². The Hall–Kier alpha value is -1.06. The summed E-state index contributed by atoms with van der Waals surface area (Å²) in [6.45, 7) is 10.4. The van der Waals surface area contributed by atoms with Gasteiger partial charge >= 0.3 is 0 Å². The van der Waals surface area contributed by atoms with Crippen LogP contribution in [0.2, 0.25) is 0 Å². The van der Waals surface area contributed by atoms with Gasteiger partial charge in [-0.25, -0.2) is 0 Å². The van der Waals surface area contributed by atoms with Crippen LogP contribution in [0.15, 0.2) is 0 Å². The average molecular weight is 282 g/mol. The molecule has 1 atom stereocenters. The van der Waals surface area contributed by atoms with Crippen LogP contribution in [0.3, 0.4) is 0 Å². The summed E-state index contributed by atoms with van der Waals surface area (Å²) in [5.41, 5.74) is 0.0916. The molecule has 4 heteroatoms. The summed E-state index contributed by atoms with van der Waals surface area (Å²) in [5.74, 6) is 0.234. The molecular weight excluding hydrogens is 252 g/mol. The van der Waals surface area contributed by atoms with Crippen molar-refractivity contribution in [3.8, 4) is 0 Å². The van der Waals surface area contributed by atoms with Gasteiger partial charge < -0.3 is 10.2 Å². The van der Waals surface area contributed by atoms with Gasteiger partial charge in [-0.05, 0) is 57.8 Å². The number of nitrogens with zero attached hydrogens (tertiary/aromatic N) is 1. The zero-order chi connectivity index (χ0) is 15.6. The van der Waals surface area contributed by atoms with E-state index in [1.54, 1.807) is 7.05 Å². The number of carbonyl (C=O) groups is 2. The third kappa shape index (κ3) is 4.80. The summed E-state index contributed by atoms with van der Waals surface area (Å²) in [5, 5.41) is 3.01. The first kappa shape index (κ1) is 17.0. The molecular formula is C16H30N2O2. The maximum Gasteiger partial charge on any atom is 0.243 e. The Balaban J connectivity index is 2.80. The number of nitrogens with one attached hydrogen (secondary N) is 1. The number of hydrogen-bond acceptors (Lipinski definition) is 2. The lowest BCUT2D eigenvalue weighted by Crippen LogP contribution is -2.54. The molecule has 0 aromatic rings. The summed E-state index contributed by atoms with van der Waals surface area (Å²) in [6.07, 6.45) is 5.01. The van der Waals surface area contributed by atoms with Crippen LogP contribution >= 0.6 is 0 Å². The minimum atomic E-state index is -0.345. The number of carbonyl (C=O) groups excluding carboxylic acids is 2. The van der Waals surface area contributed by atoms with E-state index in [-0.39, 0.29) is 23.4 Å². The fourth-order valence-corrected chi connectivity index (χ4v) is 2.98. The van der Waals surface area contributed by atoms with Crippen LogP contribution in [0.4, 0.5) is 0 Å². The molecule has 0 spiro atoms. The summed E-state index contributed by atoms with van der Waals surface area (Å²) in [4.78, 5) is 25.2. The molecule has 1 saturated carbocycles. The van der Waals surface area contributed by atoms with Gasteiger partial charge in [0.15, 0.2) is 0 Å². The van der Waals surface area contributed by atoms with Gasteiger partial charge in [0.05, 0.1) is 0 Å². The van der Waals surface area contributed by atoms with Crippen LogP contribution in [0, 0.1) is 11.3 Å². The predicted octanol–water partition coefficient (Wildman–Crippen LogP) is 2.57. The van der Waals surface area contributed by atoms with Crippen molar-refractivity contribution in [3.05, 3.63) is 0 Å². The van der Waals surface area contributed by atoms with E-state index in [2.05, 4.69) is 19.2 Å². The Morgan fingerprint density at radius 3 is 2.20 bits per heavy atom. The Labute approximate surface area is 123 Å². The molecule has 1 aliphatic carbocycles.